The van der Waals surface area contributed by atoms with Crippen LogP contribution in [0.25, 0.3) is 0 Å². The summed E-state index contributed by atoms with van der Waals surface area (Å²) >= 11 is 0. The molecular weight excluding hydrogens is 388 g/mol. The first kappa shape index (κ1) is 22.0. The lowest BCUT2D eigenvalue weighted by atomic mass is 9.81. The molecule has 1 N–H and O–H groups in total. The number of hydrogen-bond acceptors (Lipinski definition) is 5. The Bertz CT molecular complexity index is 816. The molecule has 0 saturated carbocycles. The molecule has 31 heavy (non-hydrogen) atoms. The summed E-state index contributed by atoms with van der Waals surface area (Å²) in [6.07, 6.45) is 6.18. The summed E-state index contributed by atoms with van der Waals surface area (Å²) in [5.74, 6) is 2.11. The highest BCUT2D eigenvalue weighted by Gasteiger charge is 2.30. The Hall–Kier alpha value is -2.18. The fraction of sp³-hybridized carbons (Fsp3) is 0.600. The predicted molar refractivity (Wildman–Crippen MR) is 121 cm³/mol. The molecule has 2 aromatic rings. The Morgan fingerprint density at radius 2 is 1.97 bits per heavy atom. The van der Waals surface area contributed by atoms with Crippen molar-refractivity contribution >= 4 is 5.91 Å². The van der Waals surface area contributed by atoms with Crippen LogP contribution < -0.4 is 5.32 Å². The maximum Gasteiger partial charge on any atom is 0.222 e. The van der Waals surface area contributed by atoms with Gasteiger partial charge in [-0.25, -0.2) is 0 Å². The van der Waals surface area contributed by atoms with Gasteiger partial charge in [-0.1, -0.05) is 35.5 Å². The van der Waals surface area contributed by atoms with Crippen LogP contribution in [0.5, 0.6) is 0 Å². The second-order valence-electron chi connectivity index (χ2n) is 9.31. The number of benzene rings is 1. The number of nitrogens with zero attached hydrogens (tertiary/aromatic N) is 3. The first-order valence-electron chi connectivity index (χ1n) is 11.8. The smallest absolute Gasteiger partial charge is 0.222 e. The van der Waals surface area contributed by atoms with E-state index in [4.69, 9.17) is 4.52 Å². The average Bonchev–Trinajstić information content (AvgIpc) is 3.23. The molecule has 4 rings (SSSR count). The van der Waals surface area contributed by atoms with Crippen LogP contribution in [0, 0.1) is 11.8 Å². The normalized spacial score (nSPS) is 22.1. The van der Waals surface area contributed by atoms with Crippen molar-refractivity contribution in [1.82, 2.24) is 20.3 Å². The van der Waals surface area contributed by atoms with E-state index in [1.54, 1.807) is 0 Å². The number of aromatic nitrogens is 1. The zero-order valence-corrected chi connectivity index (χ0v) is 18.8. The van der Waals surface area contributed by atoms with Crippen LogP contribution in [0.15, 0.2) is 40.9 Å². The molecule has 1 amide bonds. The fourth-order valence-corrected chi connectivity index (χ4v) is 4.99. The van der Waals surface area contributed by atoms with E-state index in [9.17, 15) is 4.79 Å². The topological polar surface area (TPSA) is 61.6 Å². The number of nitrogens with one attached hydrogen (secondary N) is 1. The molecule has 0 spiro atoms. The van der Waals surface area contributed by atoms with Gasteiger partial charge in [-0.05, 0) is 69.6 Å². The summed E-state index contributed by atoms with van der Waals surface area (Å²) in [6, 6.07) is 12.6. The Balaban J connectivity index is 1.30. The second kappa shape index (κ2) is 10.9. The first-order chi connectivity index (χ1) is 15.2. The van der Waals surface area contributed by atoms with Crippen LogP contribution in [0.2, 0.25) is 0 Å². The fourth-order valence-electron chi connectivity index (χ4n) is 4.99. The monoisotopic (exact) mass is 424 g/mol. The molecular formula is C25H36N4O2. The van der Waals surface area contributed by atoms with Gasteiger partial charge in [0.1, 0.15) is 0 Å². The van der Waals surface area contributed by atoms with Crippen molar-refractivity contribution in [3.05, 3.63) is 53.4 Å². The molecule has 0 unspecified atom stereocenters. The zero-order valence-electron chi connectivity index (χ0n) is 18.8. The van der Waals surface area contributed by atoms with E-state index in [2.05, 4.69) is 57.7 Å². The van der Waals surface area contributed by atoms with Gasteiger partial charge in [0.15, 0.2) is 5.76 Å². The predicted octanol–water partition coefficient (Wildman–Crippen LogP) is 3.48. The molecule has 1 aromatic carbocycles. The Morgan fingerprint density at radius 1 is 1.16 bits per heavy atom. The summed E-state index contributed by atoms with van der Waals surface area (Å²) < 4.78 is 5.64. The van der Waals surface area contributed by atoms with E-state index in [0.29, 0.717) is 24.2 Å². The van der Waals surface area contributed by atoms with Crippen LogP contribution in [0.1, 0.15) is 49.1 Å². The van der Waals surface area contributed by atoms with Crippen molar-refractivity contribution in [2.45, 2.75) is 51.6 Å². The van der Waals surface area contributed by atoms with E-state index < -0.39 is 0 Å². The maximum absolute atomic E-state index is 12.8. The van der Waals surface area contributed by atoms with Crippen molar-refractivity contribution in [3.8, 4) is 0 Å². The van der Waals surface area contributed by atoms with Crippen molar-refractivity contribution in [2.24, 2.45) is 11.8 Å². The van der Waals surface area contributed by atoms with Crippen LogP contribution in [-0.4, -0.2) is 54.1 Å². The number of piperidine rings is 2. The molecule has 168 valence electrons. The van der Waals surface area contributed by atoms with Crippen molar-refractivity contribution in [1.29, 1.82) is 0 Å². The molecule has 2 atom stereocenters. The van der Waals surface area contributed by atoms with Gasteiger partial charge in [-0.2, -0.15) is 0 Å². The van der Waals surface area contributed by atoms with Gasteiger partial charge in [0, 0.05) is 32.1 Å². The summed E-state index contributed by atoms with van der Waals surface area (Å²) in [5, 5.41) is 7.86. The van der Waals surface area contributed by atoms with Gasteiger partial charge in [-0.3, -0.25) is 9.69 Å². The van der Waals surface area contributed by atoms with Crippen molar-refractivity contribution in [3.63, 3.8) is 0 Å². The Morgan fingerprint density at radius 3 is 2.77 bits per heavy atom. The third kappa shape index (κ3) is 6.40. The highest BCUT2D eigenvalue weighted by molar-refractivity contribution is 5.76. The van der Waals surface area contributed by atoms with Gasteiger partial charge in [0.25, 0.3) is 0 Å². The van der Waals surface area contributed by atoms with Crippen LogP contribution >= 0.6 is 0 Å². The van der Waals surface area contributed by atoms with Crippen LogP contribution in [0.4, 0.5) is 0 Å². The summed E-state index contributed by atoms with van der Waals surface area (Å²) in [6.45, 7) is 5.46. The van der Waals surface area contributed by atoms with E-state index in [1.165, 1.54) is 12.0 Å². The summed E-state index contributed by atoms with van der Waals surface area (Å²) in [5.41, 5.74) is 2.30. The molecule has 2 aliphatic heterocycles. The molecule has 3 heterocycles. The quantitative estimate of drug-likeness (QED) is 0.703. The molecule has 1 aromatic heterocycles. The van der Waals surface area contributed by atoms with Crippen molar-refractivity contribution < 1.29 is 9.32 Å². The van der Waals surface area contributed by atoms with Crippen LogP contribution in [0.3, 0.4) is 0 Å². The maximum atomic E-state index is 12.8. The molecule has 6 heteroatoms. The van der Waals surface area contributed by atoms with Gasteiger partial charge in [-0.15, -0.1) is 0 Å². The summed E-state index contributed by atoms with van der Waals surface area (Å²) in [4.78, 5) is 17.1. The SMILES string of the molecule is CN(Cc1ccccc1)Cc1cc(C[C@@H]2CNCC[C@H]2CC(=O)N2CCCCC2)no1. The third-order valence-corrected chi connectivity index (χ3v) is 6.71. The van der Waals surface area contributed by atoms with E-state index in [-0.39, 0.29) is 0 Å². The minimum absolute atomic E-state index is 0.347. The second-order valence-corrected chi connectivity index (χ2v) is 9.31. The molecule has 0 bridgehead atoms. The number of carbonyl (C=O) groups is 1. The van der Waals surface area contributed by atoms with Crippen molar-refractivity contribution in [2.75, 3.05) is 33.2 Å². The number of amides is 1. The average molecular weight is 425 g/mol. The van der Waals surface area contributed by atoms with E-state index >= 15 is 0 Å². The zero-order chi connectivity index (χ0) is 21.5. The van der Waals surface area contributed by atoms with Crippen LogP contribution in [-0.2, 0) is 24.3 Å². The van der Waals surface area contributed by atoms with Gasteiger partial charge in [0.05, 0.1) is 12.2 Å². The Kier molecular flexibility index (Phi) is 7.76. The lowest BCUT2D eigenvalue weighted by molar-refractivity contribution is -0.133. The Labute approximate surface area is 186 Å². The van der Waals surface area contributed by atoms with Gasteiger partial charge >= 0.3 is 0 Å². The molecule has 0 radical (unpaired) electrons. The molecule has 6 nitrogen and oxygen atoms in total. The number of hydrogen-bond donors (Lipinski definition) is 1. The number of likely N-dealkylation sites (tertiary alicyclic amines) is 1. The highest BCUT2D eigenvalue weighted by Crippen LogP contribution is 2.27. The minimum Gasteiger partial charge on any atom is -0.360 e. The number of rotatable bonds is 8. The molecule has 0 aliphatic carbocycles. The lowest BCUT2D eigenvalue weighted by Crippen LogP contribution is -2.42. The van der Waals surface area contributed by atoms with E-state index in [0.717, 1.165) is 76.4 Å². The largest absolute Gasteiger partial charge is 0.360 e. The molecule has 2 fully saturated rings. The van der Waals surface area contributed by atoms with Gasteiger partial charge in [0.2, 0.25) is 5.91 Å². The highest BCUT2D eigenvalue weighted by atomic mass is 16.5. The minimum atomic E-state index is 0.347. The third-order valence-electron chi connectivity index (χ3n) is 6.71. The lowest BCUT2D eigenvalue weighted by Gasteiger charge is -2.34. The molecule has 2 saturated heterocycles. The summed E-state index contributed by atoms with van der Waals surface area (Å²) in [7, 11) is 2.10. The molecule has 2 aliphatic rings. The van der Waals surface area contributed by atoms with E-state index in [1.807, 2.05) is 6.07 Å². The first-order valence-corrected chi connectivity index (χ1v) is 11.8. The van der Waals surface area contributed by atoms with Gasteiger partial charge < -0.3 is 14.7 Å². The standard InChI is InChI=1S/C25H36N4O2/c1-28(18-20-8-4-2-5-9-20)19-24-16-23(27-31-24)14-22-17-26-11-10-21(22)15-25(30)29-12-6-3-7-13-29/h2,4-5,8-9,16,21-22,26H,3,6-7,10-15,17-19H2,1H3/t21-,22+/m0/s1. The number of carbonyl (C=O) groups excluding carboxylic acids is 1.